The Labute approximate surface area is 284 Å². The number of hydrogen-bond donors (Lipinski definition) is 4. The van der Waals surface area contributed by atoms with E-state index in [0.717, 1.165) is 33.4 Å². The molecule has 0 aliphatic carbocycles. The van der Waals surface area contributed by atoms with Crippen LogP contribution in [0.25, 0.3) is 23.9 Å². The zero-order valence-corrected chi connectivity index (χ0v) is 27.0. The zero-order valence-electron chi connectivity index (χ0n) is 27.0. The molecule has 8 bridgehead atoms. The molecule has 50 heavy (non-hydrogen) atoms. The summed E-state index contributed by atoms with van der Waals surface area (Å²) in [5.41, 5.74) is 3.62. The minimum absolute atomic E-state index is 0.143. The molecule has 11 heteroatoms. The van der Waals surface area contributed by atoms with Crippen LogP contribution in [0.15, 0.2) is 129 Å². The van der Waals surface area contributed by atoms with Gasteiger partial charge in [-0.05, 0) is 129 Å². The van der Waals surface area contributed by atoms with Crippen molar-refractivity contribution in [2.24, 2.45) is 9.98 Å². The topological polar surface area (TPSA) is 136 Å². The van der Waals surface area contributed by atoms with Crippen LogP contribution in [0, 0.1) is 19.7 Å². The smallest absolute Gasteiger partial charge is 0.267 e. The van der Waals surface area contributed by atoms with Gasteiger partial charge in [0.1, 0.15) is 17.4 Å². The van der Waals surface area contributed by atoms with Crippen LogP contribution in [0.4, 0.5) is 4.39 Å². The average Bonchev–Trinajstić information content (AvgIpc) is 3.91. The van der Waals surface area contributed by atoms with E-state index >= 15 is 0 Å². The number of fused-ring (bicyclic) bond motifs is 6. The van der Waals surface area contributed by atoms with Crippen LogP contribution < -0.4 is 26.9 Å². The number of benzene rings is 1. The van der Waals surface area contributed by atoms with Crippen LogP contribution in [0.1, 0.15) is 27.3 Å². The maximum Gasteiger partial charge on any atom is 0.267 e. The number of pyridine rings is 1. The largest absolute Gasteiger partial charge is 0.371 e. The first-order valence-corrected chi connectivity index (χ1v) is 16.0. The SMILES string of the molecule is Cc1cc(C)c(C=C2C(=O)C3C=C4C=CC(=N4)C=c4ccc([nH]4)=CC4=NC(NC(=O)c5cccn(-c6ccc(F)cc6)c5=O)(C=C4)/C=C/2N3)[nH]1. The Bertz CT molecular complexity index is 2540. The monoisotopic (exact) mass is 663 g/mol. The van der Waals surface area contributed by atoms with E-state index in [4.69, 9.17) is 9.98 Å². The van der Waals surface area contributed by atoms with Gasteiger partial charge >= 0.3 is 0 Å². The lowest BCUT2D eigenvalue weighted by molar-refractivity contribution is -0.114. The Kier molecular flexibility index (Phi) is 7.25. The van der Waals surface area contributed by atoms with Crippen LogP contribution in [-0.4, -0.2) is 49.4 Å². The van der Waals surface area contributed by atoms with E-state index < -0.39 is 29.0 Å². The summed E-state index contributed by atoms with van der Waals surface area (Å²) in [5, 5.41) is 7.91. The summed E-state index contributed by atoms with van der Waals surface area (Å²) in [6, 6.07) is 13.5. The molecule has 4 N–H and O–H groups in total. The molecule has 1 amide bonds. The number of aromatic nitrogens is 3. The number of Topliss-reactive ketones (excluding diaryl/α,β-unsaturated/α-hetero) is 1. The van der Waals surface area contributed by atoms with E-state index in [1.807, 2.05) is 56.4 Å². The van der Waals surface area contributed by atoms with E-state index in [1.165, 1.54) is 41.1 Å². The fraction of sp³-hybridized carbons (Fsp3) is 0.103. The molecule has 8 rings (SSSR count). The van der Waals surface area contributed by atoms with Gasteiger partial charge in [0.15, 0.2) is 11.4 Å². The van der Waals surface area contributed by atoms with Crippen molar-refractivity contribution in [2.45, 2.75) is 25.6 Å². The Morgan fingerprint density at radius 2 is 1.76 bits per heavy atom. The molecule has 2 unspecified atom stereocenters. The Balaban J connectivity index is 1.27. The number of allylic oxidation sites excluding steroid dienone is 4. The third-order valence-electron chi connectivity index (χ3n) is 8.78. The minimum atomic E-state index is -1.49. The minimum Gasteiger partial charge on any atom is -0.371 e. The molecule has 0 saturated carbocycles. The lowest BCUT2D eigenvalue weighted by Crippen LogP contribution is -2.46. The van der Waals surface area contributed by atoms with Crippen molar-refractivity contribution in [3.63, 3.8) is 0 Å². The Hall–Kier alpha value is -6.62. The van der Waals surface area contributed by atoms with E-state index in [2.05, 4.69) is 20.6 Å². The summed E-state index contributed by atoms with van der Waals surface area (Å²) >= 11 is 0. The quantitative estimate of drug-likeness (QED) is 0.249. The van der Waals surface area contributed by atoms with E-state index in [1.54, 1.807) is 36.4 Å². The van der Waals surface area contributed by atoms with Crippen LogP contribution in [0.5, 0.6) is 0 Å². The Morgan fingerprint density at radius 3 is 2.52 bits per heavy atom. The van der Waals surface area contributed by atoms with Gasteiger partial charge in [-0.2, -0.15) is 0 Å². The summed E-state index contributed by atoms with van der Waals surface area (Å²) in [6.07, 6.45) is 17.8. The highest BCUT2D eigenvalue weighted by molar-refractivity contribution is 6.20. The van der Waals surface area contributed by atoms with Gasteiger partial charge in [-0.3, -0.25) is 19.0 Å². The predicted molar refractivity (Wildman–Crippen MR) is 191 cm³/mol. The maximum absolute atomic E-state index is 14.1. The van der Waals surface area contributed by atoms with Crippen LogP contribution in [0.3, 0.4) is 0 Å². The molecule has 0 spiro atoms. The highest BCUT2D eigenvalue weighted by Crippen LogP contribution is 2.30. The van der Waals surface area contributed by atoms with Gasteiger partial charge in [0.2, 0.25) is 0 Å². The van der Waals surface area contributed by atoms with Crippen molar-refractivity contribution in [3.8, 4) is 5.69 Å². The number of aromatic amines is 2. The standard InChI is InChI=1S/C39H30FN7O3/c1-22-16-23(2)41-33(22)20-32-35-21-39(46-37(49)31-4-3-15-47(38(31)50)30-11-5-24(40)6-12-30)14-13-29(45-39)18-27-8-7-25(42-27)17-26-9-10-28(43-26)19-34(44-35)36(32)48/h3-21,34,41-42,44H,1-2H3,(H,46,49)/b25-17?,27-18?,28-19?,32-20?,35-21-. The first kappa shape index (κ1) is 30.7. The molecule has 4 aromatic rings. The number of halogens is 1. The average molecular weight is 664 g/mol. The van der Waals surface area contributed by atoms with Gasteiger partial charge in [-0.1, -0.05) is 0 Å². The summed E-state index contributed by atoms with van der Waals surface area (Å²) in [4.78, 5) is 58.0. The number of carbonyl (C=O) groups is 2. The number of nitrogens with one attached hydrogen (secondary N) is 4. The molecule has 10 nitrogen and oxygen atoms in total. The molecular weight excluding hydrogens is 633 g/mol. The highest BCUT2D eigenvalue weighted by Gasteiger charge is 2.38. The molecule has 2 atom stereocenters. The molecule has 1 aromatic carbocycles. The molecule has 1 saturated heterocycles. The number of aliphatic imine (C=N–C) groups is 2. The van der Waals surface area contributed by atoms with Crippen molar-refractivity contribution in [2.75, 3.05) is 0 Å². The number of H-pyrrole nitrogens is 2. The van der Waals surface area contributed by atoms with Crippen molar-refractivity contribution in [1.29, 1.82) is 0 Å². The van der Waals surface area contributed by atoms with E-state index in [0.29, 0.717) is 28.4 Å². The molecule has 0 radical (unpaired) electrons. The first-order chi connectivity index (χ1) is 24.1. The number of nitrogens with zero attached hydrogens (tertiary/aromatic N) is 3. The van der Waals surface area contributed by atoms with Gasteiger partial charge in [-0.15, -0.1) is 0 Å². The van der Waals surface area contributed by atoms with Gasteiger partial charge in [0.05, 0.1) is 17.1 Å². The second-order valence-corrected chi connectivity index (χ2v) is 12.5. The number of aryl methyl sites for hydroxylation is 2. The van der Waals surface area contributed by atoms with Crippen molar-refractivity contribution in [3.05, 3.63) is 164 Å². The summed E-state index contributed by atoms with van der Waals surface area (Å²) in [5.74, 6) is -1.31. The molecule has 3 aromatic heterocycles. The van der Waals surface area contributed by atoms with Crippen LogP contribution >= 0.6 is 0 Å². The fourth-order valence-electron chi connectivity index (χ4n) is 6.40. The predicted octanol–water partition coefficient (Wildman–Crippen LogP) is 3.36. The fourth-order valence-corrected chi connectivity index (χ4v) is 6.40. The number of hydrogen-bond acceptors (Lipinski definition) is 6. The van der Waals surface area contributed by atoms with Gasteiger partial charge in [-0.25, -0.2) is 14.4 Å². The number of rotatable bonds is 4. The van der Waals surface area contributed by atoms with Crippen molar-refractivity contribution < 1.29 is 14.0 Å². The molecule has 7 heterocycles. The summed E-state index contributed by atoms with van der Waals surface area (Å²) < 4.78 is 14.9. The number of ketones is 1. The van der Waals surface area contributed by atoms with Crippen LogP contribution in [-0.2, 0) is 4.79 Å². The molecular formula is C39H30FN7O3. The third kappa shape index (κ3) is 5.74. The highest BCUT2D eigenvalue weighted by atomic mass is 19.1. The van der Waals surface area contributed by atoms with Crippen molar-refractivity contribution in [1.82, 2.24) is 25.2 Å². The summed E-state index contributed by atoms with van der Waals surface area (Å²) in [7, 11) is 0. The normalized spacial score (nSPS) is 22.3. The van der Waals surface area contributed by atoms with Crippen molar-refractivity contribution >= 4 is 41.3 Å². The van der Waals surface area contributed by atoms with Crippen LogP contribution in [0.2, 0.25) is 0 Å². The molecule has 246 valence electrons. The summed E-state index contributed by atoms with van der Waals surface area (Å²) in [6.45, 7) is 3.90. The third-order valence-corrected chi connectivity index (χ3v) is 8.78. The number of amides is 1. The Morgan fingerprint density at radius 1 is 0.980 bits per heavy atom. The van der Waals surface area contributed by atoms with Gasteiger partial charge in [0, 0.05) is 45.2 Å². The second-order valence-electron chi connectivity index (χ2n) is 12.5. The molecule has 4 aliphatic heterocycles. The van der Waals surface area contributed by atoms with Gasteiger partial charge in [0.25, 0.3) is 11.5 Å². The second kappa shape index (κ2) is 11.8. The van der Waals surface area contributed by atoms with Gasteiger partial charge < -0.3 is 20.6 Å². The number of carbonyl (C=O) groups excluding carboxylic acids is 2. The lowest BCUT2D eigenvalue weighted by Gasteiger charge is -2.23. The molecule has 1 fully saturated rings. The van der Waals surface area contributed by atoms with E-state index in [-0.39, 0.29) is 11.3 Å². The lowest BCUT2D eigenvalue weighted by atomic mass is 10.0. The first-order valence-electron chi connectivity index (χ1n) is 16.0. The molecule has 4 aliphatic rings. The maximum atomic E-state index is 14.1. The zero-order chi connectivity index (χ0) is 34.6. The van der Waals surface area contributed by atoms with E-state index in [9.17, 15) is 18.8 Å².